The normalized spacial score (nSPS) is 30.9. The van der Waals surface area contributed by atoms with Gasteiger partial charge in [-0.25, -0.2) is 0 Å². The number of ether oxygens (including phenoxy) is 1. The third kappa shape index (κ3) is 6.41. The SMILES string of the molecule is CCCCCOC(=O)C1CCC(C2CCC(CCCC)CC2)CC1. The highest BCUT2D eigenvalue weighted by atomic mass is 16.5. The highest BCUT2D eigenvalue weighted by Gasteiger charge is 2.33. The zero-order valence-corrected chi connectivity index (χ0v) is 16.2. The number of carbonyl (C=O) groups excluding carboxylic acids is 1. The zero-order valence-electron chi connectivity index (χ0n) is 16.2. The van der Waals surface area contributed by atoms with E-state index in [4.69, 9.17) is 4.74 Å². The lowest BCUT2D eigenvalue weighted by atomic mass is 9.68. The van der Waals surface area contributed by atoms with Crippen molar-refractivity contribution < 1.29 is 9.53 Å². The van der Waals surface area contributed by atoms with Crippen molar-refractivity contribution in [3.05, 3.63) is 0 Å². The molecule has 0 aromatic rings. The van der Waals surface area contributed by atoms with Crippen molar-refractivity contribution >= 4 is 5.97 Å². The maximum absolute atomic E-state index is 12.2. The van der Waals surface area contributed by atoms with Gasteiger partial charge in [-0.1, -0.05) is 58.8 Å². The van der Waals surface area contributed by atoms with Crippen molar-refractivity contribution in [2.45, 2.75) is 104 Å². The van der Waals surface area contributed by atoms with E-state index in [1.165, 1.54) is 70.6 Å². The first-order chi connectivity index (χ1) is 11.7. The second-order valence-corrected chi connectivity index (χ2v) is 8.41. The maximum Gasteiger partial charge on any atom is 0.308 e. The van der Waals surface area contributed by atoms with Crippen LogP contribution in [0.15, 0.2) is 0 Å². The Bertz CT molecular complexity index is 336. The third-order valence-electron chi connectivity index (χ3n) is 6.62. The molecule has 2 fully saturated rings. The van der Waals surface area contributed by atoms with Crippen LogP contribution in [0.25, 0.3) is 0 Å². The molecule has 0 spiro atoms. The van der Waals surface area contributed by atoms with Gasteiger partial charge < -0.3 is 4.74 Å². The third-order valence-corrected chi connectivity index (χ3v) is 6.62. The summed E-state index contributed by atoms with van der Waals surface area (Å²) in [5, 5.41) is 0. The van der Waals surface area contributed by atoms with Crippen LogP contribution in [-0.2, 0) is 9.53 Å². The van der Waals surface area contributed by atoms with Crippen molar-refractivity contribution in [3.63, 3.8) is 0 Å². The summed E-state index contributed by atoms with van der Waals surface area (Å²) in [6.45, 7) is 5.12. The van der Waals surface area contributed by atoms with Crippen LogP contribution in [0.3, 0.4) is 0 Å². The quantitative estimate of drug-likeness (QED) is 0.354. The molecule has 2 nitrogen and oxygen atoms in total. The first-order valence-corrected chi connectivity index (χ1v) is 10.9. The average molecular weight is 337 g/mol. The molecular formula is C22H40O2. The second-order valence-electron chi connectivity index (χ2n) is 8.41. The molecule has 0 aromatic heterocycles. The Hall–Kier alpha value is -0.530. The van der Waals surface area contributed by atoms with E-state index in [1.807, 2.05) is 0 Å². The predicted molar refractivity (Wildman–Crippen MR) is 101 cm³/mol. The molecule has 140 valence electrons. The fraction of sp³-hybridized carbons (Fsp3) is 0.955. The van der Waals surface area contributed by atoms with Crippen molar-refractivity contribution in [2.75, 3.05) is 6.61 Å². The van der Waals surface area contributed by atoms with Gasteiger partial charge in [-0.05, 0) is 62.7 Å². The van der Waals surface area contributed by atoms with Crippen LogP contribution in [0.4, 0.5) is 0 Å². The van der Waals surface area contributed by atoms with Crippen LogP contribution in [-0.4, -0.2) is 12.6 Å². The molecule has 0 unspecified atom stereocenters. The average Bonchev–Trinajstić information content (AvgIpc) is 2.64. The van der Waals surface area contributed by atoms with Crippen molar-refractivity contribution in [2.24, 2.45) is 23.7 Å². The van der Waals surface area contributed by atoms with E-state index < -0.39 is 0 Å². The van der Waals surface area contributed by atoms with Gasteiger partial charge in [0.1, 0.15) is 0 Å². The molecule has 2 heteroatoms. The summed E-state index contributed by atoms with van der Waals surface area (Å²) in [7, 11) is 0. The van der Waals surface area contributed by atoms with Gasteiger partial charge in [0.15, 0.2) is 0 Å². The van der Waals surface area contributed by atoms with Gasteiger partial charge in [0.2, 0.25) is 0 Å². The van der Waals surface area contributed by atoms with Crippen LogP contribution in [0.5, 0.6) is 0 Å². The minimum Gasteiger partial charge on any atom is -0.465 e. The fourth-order valence-corrected chi connectivity index (χ4v) is 4.91. The lowest BCUT2D eigenvalue weighted by Gasteiger charge is -2.37. The predicted octanol–water partition coefficient (Wildman–Crippen LogP) is 6.52. The molecule has 0 bridgehead atoms. The topological polar surface area (TPSA) is 26.3 Å². The van der Waals surface area contributed by atoms with Gasteiger partial charge in [0, 0.05) is 0 Å². The van der Waals surface area contributed by atoms with Crippen molar-refractivity contribution in [1.82, 2.24) is 0 Å². The van der Waals surface area contributed by atoms with E-state index in [1.54, 1.807) is 0 Å². The van der Waals surface area contributed by atoms with Gasteiger partial charge >= 0.3 is 5.97 Å². The Labute approximate surface area is 150 Å². The zero-order chi connectivity index (χ0) is 17.2. The van der Waals surface area contributed by atoms with Gasteiger partial charge in [0.05, 0.1) is 12.5 Å². The molecule has 0 N–H and O–H groups in total. The fourth-order valence-electron chi connectivity index (χ4n) is 4.91. The smallest absolute Gasteiger partial charge is 0.308 e. The molecule has 2 rings (SSSR count). The number of rotatable bonds is 9. The molecule has 0 amide bonds. The van der Waals surface area contributed by atoms with E-state index in [2.05, 4.69) is 13.8 Å². The molecule has 0 aliphatic heterocycles. The molecule has 2 aliphatic rings. The van der Waals surface area contributed by atoms with Crippen LogP contribution in [0.1, 0.15) is 104 Å². The number of hydrogen-bond donors (Lipinski definition) is 0. The van der Waals surface area contributed by atoms with Crippen molar-refractivity contribution in [1.29, 1.82) is 0 Å². The summed E-state index contributed by atoms with van der Waals surface area (Å²) < 4.78 is 5.48. The largest absolute Gasteiger partial charge is 0.465 e. The number of carbonyl (C=O) groups is 1. The molecule has 0 aromatic carbocycles. The number of unbranched alkanes of at least 4 members (excludes halogenated alkanes) is 3. The standard InChI is InChI=1S/C22H40O2/c1-3-5-7-17-24-22(23)21-15-13-20(14-16-21)19-11-9-18(10-12-19)8-6-4-2/h18-21H,3-17H2,1-2H3. The van der Waals surface area contributed by atoms with Crippen LogP contribution < -0.4 is 0 Å². The van der Waals surface area contributed by atoms with Crippen LogP contribution >= 0.6 is 0 Å². The first-order valence-electron chi connectivity index (χ1n) is 10.9. The molecule has 0 saturated heterocycles. The summed E-state index contributed by atoms with van der Waals surface area (Å²) in [5.74, 6) is 3.14. The minimum absolute atomic E-state index is 0.0906. The molecule has 0 atom stereocenters. The van der Waals surface area contributed by atoms with Crippen molar-refractivity contribution in [3.8, 4) is 0 Å². The van der Waals surface area contributed by atoms with E-state index >= 15 is 0 Å². The summed E-state index contributed by atoms with van der Waals surface area (Å²) in [5.41, 5.74) is 0. The van der Waals surface area contributed by atoms with E-state index in [0.29, 0.717) is 6.61 Å². The number of esters is 1. The Morgan fingerprint density at radius 3 is 1.96 bits per heavy atom. The van der Waals surface area contributed by atoms with E-state index in [-0.39, 0.29) is 11.9 Å². The maximum atomic E-state index is 12.2. The molecule has 2 saturated carbocycles. The highest BCUT2D eigenvalue weighted by molar-refractivity contribution is 5.72. The lowest BCUT2D eigenvalue weighted by Crippen LogP contribution is -2.29. The van der Waals surface area contributed by atoms with Gasteiger partial charge in [-0.3, -0.25) is 4.79 Å². The van der Waals surface area contributed by atoms with E-state index in [0.717, 1.165) is 37.0 Å². The van der Waals surface area contributed by atoms with Crippen LogP contribution in [0, 0.1) is 23.7 Å². The summed E-state index contributed by atoms with van der Waals surface area (Å²) >= 11 is 0. The second kappa shape index (κ2) is 11.2. The van der Waals surface area contributed by atoms with E-state index in [9.17, 15) is 4.79 Å². The highest BCUT2D eigenvalue weighted by Crippen LogP contribution is 2.42. The Balaban J connectivity index is 1.61. The molecule has 24 heavy (non-hydrogen) atoms. The Kier molecular flexibility index (Phi) is 9.20. The van der Waals surface area contributed by atoms with Gasteiger partial charge in [0.25, 0.3) is 0 Å². The molecule has 0 heterocycles. The molecular weight excluding hydrogens is 296 g/mol. The minimum atomic E-state index is 0.0906. The van der Waals surface area contributed by atoms with Gasteiger partial charge in [-0.15, -0.1) is 0 Å². The monoisotopic (exact) mass is 336 g/mol. The lowest BCUT2D eigenvalue weighted by molar-refractivity contribution is -0.150. The molecule has 2 aliphatic carbocycles. The summed E-state index contributed by atoms with van der Waals surface area (Å²) in [6.07, 6.45) is 18.1. The Morgan fingerprint density at radius 1 is 0.792 bits per heavy atom. The molecule has 0 radical (unpaired) electrons. The Morgan fingerprint density at radius 2 is 1.38 bits per heavy atom. The summed E-state index contributed by atoms with van der Waals surface area (Å²) in [4.78, 5) is 12.2. The van der Waals surface area contributed by atoms with Crippen LogP contribution in [0.2, 0.25) is 0 Å². The first kappa shape index (κ1) is 19.8. The number of hydrogen-bond acceptors (Lipinski definition) is 2. The summed E-state index contributed by atoms with van der Waals surface area (Å²) in [6, 6.07) is 0. The van der Waals surface area contributed by atoms with Gasteiger partial charge in [-0.2, -0.15) is 0 Å².